The molecule has 0 spiro atoms. The van der Waals surface area contributed by atoms with Gasteiger partial charge >= 0.3 is 0 Å². The molecule has 0 bridgehead atoms. The average molecular weight is 544 g/mol. The second-order valence-electron chi connectivity index (χ2n) is 4.39. The highest BCUT2D eigenvalue weighted by Crippen LogP contribution is 2.33. The average Bonchev–Trinajstić information content (AvgIpc) is 2.41. The van der Waals surface area contributed by atoms with Crippen molar-refractivity contribution in [2.75, 3.05) is 11.1 Å². The third-order valence-corrected chi connectivity index (χ3v) is 5.14. The molecule has 0 unspecified atom stereocenters. The highest BCUT2D eigenvalue weighted by Gasteiger charge is 2.10. The van der Waals surface area contributed by atoms with Crippen molar-refractivity contribution >= 4 is 75.1 Å². The van der Waals surface area contributed by atoms with E-state index in [4.69, 9.17) is 5.73 Å². The molecule has 0 saturated heterocycles. The van der Waals surface area contributed by atoms with E-state index in [2.05, 4.69) is 69.0 Å². The number of aliphatic hydroxyl groups excluding tert-OH is 1. The van der Waals surface area contributed by atoms with Crippen molar-refractivity contribution in [1.29, 1.82) is 0 Å². The molecule has 0 atom stereocenters. The Labute approximate surface area is 156 Å². The standard InChI is InChI=1S/C14H12Br4N2O/c15-9-1-7(13(19)11(17)3-9)5-20-14-8(6-21)2-10(16)4-12(14)18/h1-4,20-21H,5-6,19H2. The van der Waals surface area contributed by atoms with Gasteiger partial charge in [0.25, 0.3) is 0 Å². The molecule has 0 aliphatic heterocycles. The molecule has 0 saturated carbocycles. The summed E-state index contributed by atoms with van der Waals surface area (Å²) in [5.41, 5.74) is 9.40. The van der Waals surface area contributed by atoms with Crippen LogP contribution in [0.5, 0.6) is 0 Å². The summed E-state index contributed by atoms with van der Waals surface area (Å²) in [4.78, 5) is 0. The van der Waals surface area contributed by atoms with Crippen LogP contribution in [-0.4, -0.2) is 5.11 Å². The third-order valence-electron chi connectivity index (χ3n) is 2.94. The molecular weight excluding hydrogens is 532 g/mol. The largest absolute Gasteiger partial charge is 0.398 e. The molecular formula is C14H12Br4N2O. The number of aliphatic hydroxyl groups is 1. The molecule has 7 heteroatoms. The Balaban J connectivity index is 2.29. The molecule has 2 aromatic carbocycles. The van der Waals surface area contributed by atoms with Crippen LogP contribution >= 0.6 is 63.7 Å². The Morgan fingerprint density at radius 2 is 1.48 bits per heavy atom. The predicted octanol–water partition coefficient (Wildman–Crippen LogP) is 5.42. The molecule has 0 aromatic heterocycles. The molecule has 4 N–H and O–H groups in total. The van der Waals surface area contributed by atoms with E-state index in [9.17, 15) is 5.11 Å². The minimum absolute atomic E-state index is 0.0436. The zero-order valence-electron chi connectivity index (χ0n) is 10.8. The van der Waals surface area contributed by atoms with Crippen LogP contribution in [0.4, 0.5) is 11.4 Å². The summed E-state index contributed by atoms with van der Waals surface area (Å²) in [6, 6.07) is 7.70. The molecule has 21 heavy (non-hydrogen) atoms. The summed E-state index contributed by atoms with van der Waals surface area (Å²) < 4.78 is 3.60. The monoisotopic (exact) mass is 540 g/mol. The maximum Gasteiger partial charge on any atom is 0.0702 e. The van der Waals surface area contributed by atoms with Gasteiger partial charge in [0, 0.05) is 30.0 Å². The summed E-state index contributed by atoms with van der Waals surface area (Å²) in [6.45, 7) is 0.509. The van der Waals surface area contributed by atoms with Gasteiger partial charge in [0.2, 0.25) is 0 Å². The molecule has 0 fully saturated rings. The van der Waals surface area contributed by atoms with E-state index in [0.717, 1.165) is 34.7 Å². The summed E-state index contributed by atoms with van der Waals surface area (Å²) in [7, 11) is 0. The number of anilines is 2. The van der Waals surface area contributed by atoms with Crippen molar-refractivity contribution in [2.24, 2.45) is 0 Å². The summed E-state index contributed by atoms with van der Waals surface area (Å²) in [5.74, 6) is 0. The lowest BCUT2D eigenvalue weighted by Gasteiger charge is -2.15. The van der Waals surface area contributed by atoms with Crippen molar-refractivity contribution in [3.8, 4) is 0 Å². The van der Waals surface area contributed by atoms with Gasteiger partial charge in [-0.15, -0.1) is 0 Å². The third kappa shape index (κ3) is 4.22. The molecule has 3 nitrogen and oxygen atoms in total. The fourth-order valence-electron chi connectivity index (χ4n) is 1.92. The maximum absolute atomic E-state index is 9.49. The number of nitrogens with two attached hydrogens (primary N) is 1. The lowest BCUT2D eigenvalue weighted by Crippen LogP contribution is -2.06. The van der Waals surface area contributed by atoms with E-state index in [1.54, 1.807) is 0 Å². The van der Waals surface area contributed by atoms with E-state index in [1.165, 1.54) is 0 Å². The number of halogens is 4. The van der Waals surface area contributed by atoms with Gasteiger partial charge in [0.15, 0.2) is 0 Å². The first-order valence-corrected chi connectivity index (χ1v) is 9.15. The highest BCUT2D eigenvalue weighted by atomic mass is 79.9. The van der Waals surface area contributed by atoms with E-state index in [0.29, 0.717) is 12.2 Å². The van der Waals surface area contributed by atoms with Crippen LogP contribution in [0, 0.1) is 0 Å². The molecule has 0 heterocycles. The predicted molar refractivity (Wildman–Crippen MR) is 101 cm³/mol. The first-order chi connectivity index (χ1) is 9.92. The minimum atomic E-state index is -0.0436. The van der Waals surface area contributed by atoms with Crippen LogP contribution in [0.15, 0.2) is 42.2 Å². The smallest absolute Gasteiger partial charge is 0.0702 e. The second kappa shape index (κ2) is 7.46. The van der Waals surface area contributed by atoms with Crippen molar-refractivity contribution in [3.63, 3.8) is 0 Å². The van der Waals surface area contributed by atoms with Gasteiger partial charge in [0.05, 0.1) is 18.0 Å². The van der Waals surface area contributed by atoms with E-state index >= 15 is 0 Å². The van der Waals surface area contributed by atoms with Gasteiger partial charge in [-0.25, -0.2) is 0 Å². The van der Waals surface area contributed by atoms with E-state index in [1.807, 2.05) is 24.3 Å². The van der Waals surface area contributed by atoms with Gasteiger partial charge in [-0.1, -0.05) is 31.9 Å². The van der Waals surface area contributed by atoms with Gasteiger partial charge in [-0.2, -0.15) is 0 Å². The van der Waals surface area contributed by atoms with Crippen LogP contribution in [0.3, 0.4) is 0 Å². The number of rotatable bonds is 4. The number of benzene rings is 2. The quantitative estimate of drug-likeness (QED) is 0.451. The molecule has 2 rings (SSSR count). The van der Waals surface area contributed by atoms with Crippen molar-refractivity contribution < 1.29 is 5.11 Å². The topological polar surface area (TPSA) is 58.3 Å². The molecule has 0 radical (unpaired) electrons. The normalized spacial score (nSPS) is 10.7. The Morgan fingerprint density at radius 3 is 2.10 bits per heavy atom. The molecule has 0 aliphatic rings. The summed E-state index contributed by atoms with van der Waals surface area (Å²) in [6.07, 6.45) is 0. The zero-order chi connectivity index (χ0) is 15.6. The van der Waals surface area contributed by atoms with Gasteiger partial charge in [-0.3, -0.25) is 0 Å². The van der Waals surface area contributed by atoms with Crippen molar-refractivity contribution in [1.82, 2.24) is 0 Å². The highest BCUT2D eigenvalue weighted by molar-refractivity contribution is 9.11. The number of hydrogen-bond donors (Lipinski definition) is 3. The SMILES string of the molecule is Nc1c(Br)cc(Br)cc1CNc1c(Br)cc(Br)cc1CO. The lowest BCUT2D eigenvalue weighted by molar-refractivity contribution is 0.282. The lowest BCUT2D eigenvalue weighted by atomic mass is 10.1. The Bertz CT molecular complexity index is 677. The molecule has 2 aromatic rings. The first kappa shape index (κ1) is 17.3. The minimum Gasteiger partial charge on any atom is -0.398 e. The first-order valence-electron chi connectivity index (χ1n) is 5.98. The maximum atomic E-state index is 9.49. The van der Waals surface area contributed by atoms with Gasteiger partial charge < -0.3 is 16.2 Å². The fourth-order valence-corrected chi connectivity index (χ4v) is 4.69. The molecule has 0 amide bonds. The number of hydrogen-bond acceptors (Lipinski definition) is 3. The Kier molecular flexibility index (Phi) is 6.14. The number of nitrogen functional groups attached to an aromatic ring is 1. The van der Waals surface area contributed by atoms with Gasteiger partial charge in [0.1, 0.15) is 0 Å². The van der Waals surface area contributed by atoms with E-state index in [-0.39, 0.29) is 6.61 Å². The van der Waals surface area contributed by atoms with Crippen LogP contribution in [0.25, 0.3) is 0 Å². The van der Waals surface area contributed by atoms with E-state index < -0.39 is 0 Å². The van der Waals surface area contributed by atoms with Crippen LogP contribution in [0.1, 0.15) is 11.1 Å². The summed E-state index contributed by atoms with van der Waals surface area (Å²) >= 11 is 13.8. The zero-order valence-corrected chi connectivity index (χ0v) is 17.1. The van der Waals surface area contributed by atoms with Crippen LogP contribution < -0.4 is 11.1 Å². The van der Waals surface area contributed by atoms with Crippen molar-refractivity contribution in [3.05, 3.63) is 53.3 Å². The fraction of sp³-hybridized carbons (Fsp3) is 0.143. The Hall–Kier alpha value is -0.0800. The molecule has 112 valence electrons. The van der Waals surface area contributed by atoms with Gasteiger partial charge in [-0.05, 0) is 61.7 Å². The second-order valence-corrected chi connectivity index (χ2v) is 7.93. The molecule has 0 aliphatic carbocycles. The van der Waals surface area contributed by atoms with Crippen molar-refractivity contribution in [2.45, 2.75) is 13.2 Å². The van der Waals surface area contributed by atoms with Crippen LogP contribution in [-0.2, 0) is 13.2 Å². The van der Waals surface area contributed by atoms with Crippen LogP contribution in [0.2, 0.25) is 0 Å². The Morgan fingerprint density at radius 1 is 0.905 bits per heavy atom. The number of nitrogens with one attached hydrogen (secondary N) is 1. The summed E-state index contributed by atoms with van der Waals surface area (Å²) in [5, 5.41) is 12.8.